The summed E-state index contributed by atoms with van der Waals surface area (Å²) in [6.07, 6.45) is 0.412. The van der Waals surface area contributed by atoms with Crippen LogP contribution < -0.4 is 5.32 Å². The Morgan fingerprint density at radius 3 is 2.48 bits per heavy atom. The maximum Gasteiger partial charge on any atom is 0.225 e. The van der Waals surface area contributed by atoms with Crippen molar-refractivity contribution in [2.45, 2.75) is 38.9 Å². The van der Waals surface area contributed by atoms with E-state index in [0.29, 0.717) is 12.2 Å². The third-order valence-corrected chi connectivity index (χ3v) is 5.74. The van der Waals surface area contributed by atoms with Crippen LogP contribution >= 0.6 is 11.8 Å². The minimum absolute atomic E-state index is 0.000421. The number of nitrogens with one attached hydrogen (secondary N) is 1. The Hall–Kier alpha value is -2.86. The van der Waals surface area contributed by atoms with Crippen LogP contribution in [-0.2, 0) is 11.3 Å². The van der Waals surface area contributed by atoms with Gasteiger partial charge in [-0.2, -0.15) is 0 Å². The molecule has 0 aliphatic rings. The fourth-order valence-electron chi connectivity index (χ4n) is 3.69. The molecule has 0 atom stereocenters. The molecule has 4 aromatic rings. The number of benzene rings is 2. The van der Waals surface area contributed by atoms with Gasteiger partial charge < -0.3 is 9.88 Å². The molecule has 0 saturated carbocycles. The molecule has 1 N–H and O–H groups in total. The van der Waals surface area contributed by atoms with Crippen molar-refractivity contribution in [2.24, 2.45) is 0 Å². The topological polar surface area (TPSA) is 59.8 Å². The zero-order chi connectivity index (χ0) is 20.4. The van der Waals surface area contributed by atoms with Gasteiger partial charge in [-0.3, -0.25) is 4.79 Å². The van der Waals surface area contributed by atoms with Crippen LogP contribution in [0, 0.1) is 13.8 Å². The number of fused-ring (bicyclic) bond motifs is 3. The zero-order valence-corrected chi connectivity index (χ0v) is 17.7. The highest BCUT2D eigenvalue weighted by Crippen LogP contribution is 2.31. The molecule has 0 fully saturated rings. The molecule has 0 bridgehead atoms. The van der Waals surface area contributed by atoms with E-state index in [-0.39, 0.29) is 5.91 Å². The number of aryl methyl sites for hydroxylation is 3. The highest BCUT2D eigenvalue weighted by molar-refractivity contribution is 7.99. The zero-order valence-electron chi connectivity index (χ0n) is 16.9. The number of nitrogens with zero attached hydrogens (tertiary/aromatic N) is 3. The maximum atomic E-state index is 12.4. The van der Waals surface area contributed by atoms with Gasteiger partial charge in [0.05, 0.1) is 0 Å². The van der Waals surface area contributed by atoms with Gasteiger partial charge >= 0.3 is 0 Å². The maximum absolute atomic E-state index is 12.4. The third kappa shape index (κ3) is 4.12. The molecular weight excluding hydrogens is 380 g/mol. The van der Waals surface area contributed by atoms with Crippen molar-refractivity contribution in [3.63, 3.8) is 0 Å². The largest absolute Gasteiger partial charge is 0.341 e. The number of thioether (sulfide) groups is 1. The molecule has 0 aliphatic heterocycles. The fraction of sp³-hybridized carbons (Fsp3) is 0.261. The second-order valence-corrected chi connectivity index (χ2v) is 8.14. The lowest BCUT2D eigenvalue weighted by molar-refractivity contribution is -0.115. The second-order valence-electron chi connectivity index (χ2n) is 7.07. The molecule has 0 saturated heterocycles. The van der Waals surface area contributed by atoms with Gasteiger partial charge in [0.2, 0.25) is 5.91 Å². The van der Waals surface area contributed by atoms with Crippen molar-refractivity contribution in [2.75, 3.05) is 11.1 Å². The Kier molecular flexibility index (Phi) is 5.53. The molecule has 0 radical (unpaired) electrons. The molecular formula is C23H24N4OS. The lowest BCUT2D eigenvalue weighted by atomic mass is 10.1. The molecule has 0 spiro atoms. The van der Waals surface area contributed by atoms with Gasteiger partial charge in [-0.1, -0.05) is 30.0 Å². The first-order valence-corrected chi connectivity index (χ1v) is 10.8. The Bertz CT molecular complexity index is 1180. The highest BCUT2D eigenvalue weighted by Gasteiger charge is 2.11. The summed E-state index contributed by atoms with van der Waals surface area (Å²) in [5.74, 6) is 0.645. The number of amides is 1. The summed E-state index contributed by atoms with van der Waals surface area (Å²) < 4.78 is 2.30. The van der Waals surface area contributed by atoms with Crippen molar-refractivity contribution in [3.8, 4) is 0 Å². The van der Waals surface area contributed by atoms with E-state index >= 15 is 0 Å². The van der Waals surface area contributed by atoms with E-state index < -0.39 is 0 Å². The number of para-hydroxylation sites is 1. The number of carbonyl (C=O) groups excluding carboxylic acids is 1. The Balaban J connectivity index is 1.46. The summed E-state index contributed by atoms with van der Waals surface area (Å²) in [6, 6.07) is 16.5. The molecule has 2 heterocycles. The normalized spacial score (nSPS) is 11.3. The van der Waals surface area contributed by atoms with Crippen LogP contribution in [0.4, 0.5) is 5.69 Å². The SMILES string of the molecule is CCn1c2ccccc2c2cc(NC(=O)CCSc3nc(C)cc(C)n3)ccc21. The van der Waals surface area contributed by atoms with Crippen molar-refractivity contribution in [1.82, 2.24) is 14.5 Å². The van der Waals surface area contributed by atoms with Crippen LogP contribution in [0.1, 0.15) is 24.7 Å². The third-order valence-electron chi connectivity index (χ3n) is 4.89. The van der Waals surface area contributed by atoms with E-state index in [1.165, 1.54) is 33.6 Å². The quantitative estimate of drug-likeness (QED) is 0.348. The molecule has 0 unspecified atom stereocenters. The van der Waals surface area contributed by atoms with Gasteiger partial charge in [-0.05, 0) is 51.1 Å². The van der Waals surface area contributed by atoms with Gasteiger partial charge in [-0.15, -0.1) is 0 Å². The Morgan fingerprint density at radius 1 is 1.00 bits per heavy atom. The summed E-state index contributed by atoms with van der Waals surface area (Å²) in [5.41, 5.74) is 5.13. The summed E-state index contributed by atoms with van der Waals surface area (Å²) >= 11 is 1.51. The highest BCUT2D eigenvalue weighted by atomic mass is 32.2. The van der Waals surface area contributed by atoms with E-state index in [9.17, 15) is 4.79 Å². The van der Waals surface area contributed by atoms with Crippen LogP contribution in [0.3, 0.4) is 0 Å². The van der Waals surface area contributed by atoms with Gasteiger partial charge in [-0.25, -0.2) is 9.97 Å². The van der Waals surface area contributed by atoms with E-state index in [2.05, 4.69) is 63.2 Å². The van der Waals surface area contributed by atoms with Crippen molar-refractivity contribution >= 4 is 45.2 Å². The number of hydrogen-bond donors (Lipinski definition) is 1. The smallest absolute Gasteiger partial charge is 0.225 e. The molecule has 0 aliphatic carbocycles. The predicted octanol–water partition coefficient (Wildman–Crippen LogP) is 5.34. The number of carbonyl (C=O) groups is 1. The minimum Gasteiger partial charge on any atom is -0.341 e. The summed E-state index contributed by atoms with van der Waals surface area (Å²) in [6.45, 7) is 6.97. The average molecular weight is 405 g/mol. The lowest BCUT2D eigenvalue weighted by Gasteiger charge is -2.07. The standard InChI is InChI=1S/C23H24N4OS/c1-4-27-20-8-6-5-7-18(20)19-14-17(9-10-21(19)27)26-22(28)11-12-29-23-24-15(2)13-16(3)25-23/h5-10,13-14H,4,11-12H2,1-3H3,(H,26,28). The van der Waals surface area contributed by atoms with Crippen LogP contribution in [0.15, 0.2) is 53.7 Å². The number of rotatable bonds is 6. The van der Waals surface area contributed by atoms with Crippen LogP contribution in [-0.4, -0.2) is 26.2 Å². The number of anilines is 1. The van der Waals surface area contributed by atoms with Crippen LogP contribution in [0.2, 0.25) is 0 Å². The molecule has 5 nitrogen and oxygen atoms in total. The van der Waals surface area contributed by atoms with E-state index in [4.69, 9.17) is 0 Å². The summed E-state index contributed by atoms with van der Waals surface area (Å²) in [7, 11) is 0. The molecule has 148 valence electrons. The molecule has 2 aromatic heterocycles. The lowest BCUT2D eigenvalue weighted by Crippen LogP contribution is -2.12. The van der Waals surface area contributed by atoms with E-state index in [1.807, 2.05) is 26.0 Å². The van der Waals surface area contributed by atoms with Crippen LogP contribution in [0.5, 0.6) is 0 Å². The number of hydrogen-bond acceptors (Lipinski definition) is 4. The van der Waals surface area contributed by atoms with Gasteiger partial charge in [0.15, 0.2) is 5.16 Å². The Labute approximate surface area is 174 Å². The van der Waals surface area contributed by atoms with E-state index in [0.717, 1.165) is 28.8 Å². The molecule has 4 rings (SSSR count). The first-order valence-electron chi connectivity index (χ1n) is 9.81. The van der Waals surface area contributed by atoms with Gasteiger partial charge in [0.1, 0.15) is 0 Å². The predicted molar refractivity (Wildman–Crippen MR) is 121 cm³/mol. The second kappa shape index (κ2) is 8.25. The van der Waals surface area contributed by atoms with Crippen LogP contribution in [0.25, 0.3) is 21.8 Å². The molecule has 29 heavy (non-hydrogen) atoms. The summed E-state index contributed by atoms with van der Waals surface area (Å²) in [5, 5.41) is 6.13. The summed E-state index contributed by atoms with van der Waals surface area (Å²) in [4.78, 5) is 21.2. The average Bonchev–Trinajstić information content (AvgIpc) is 3.00. The first kappa shape index (κ1) is 19.5. The van der Waals surface area contributed by atoms with Crippen molar-refractivity contribution in [1.29, 1.82) is 0 Å². The van der Waals surface area contributed by atoms with Crippen molar-refractivity contribution in [3.05, 3.63) is 59.9 Å². The first-order chi connectivity index (χ1) is 14.0. The van der Waals surface area contributed by atoms with Crippen molar-refractivity contribution < 1.29 is 4.79 Å². The molecule has 2 aromatic carbocycles. The fourth-order valence-corrected chi connectivity index (χ4v) is 4.58. The number of aromatic nitrogens is 3. The molecule has 1 amide bonds. The monoisotopic (exact) mass is 404 g/mol. The van der Waals surface area contributed by atoms with Gasteiger partial charge in [0, 0.05) is 57.6 Å². The van der Waals surface area contributed by atoms with Gasteiger partial charge in [0.25, 0.3) is 0 Å². The minimum atomic E-state index is 0.000421. The molecule has 6 heteroatoms. The van der Waals surface area contributed by atoms with E-state index in [1.54, 1.807) is 0 Å². The Morgan fingerprint density at radius 2 is 1.72 bits per heavy atom.